The summed E-state index contributed by atoms with van der Waals surface area (Å²) in [5.41, 5.74) is 13.6. The molecule has 13 N–H and O–H groups in total. The normalized spacial score (nSPS) is 30.1. The fourth-order valence-electron chi connectivity index (χ4n) is 10.0. The molecule has 2 aliphatic heterocycles. The Hall–Kier alpha value is -7.44. The van der Waals surface area contributed by atoms with Gasteiger partial charge in [0.05, 0.1) is 53.6 Å². The molecule has 0 saturated carbocycles. The molecule has 470 valence electrons. The van der Waals surface area contributed by atoms with Crippen LogP contribution in [0.3, 0.4) is 0 Å². The highest BCUT2D eigenvalue weighted by molar-refractivity contribution is 6.23. The molecule has 85 heavy (non-hydrogen) atoms. The predicted molar refractivity (Wildman–Crippen MR) is 325 cm³/mol. The molecule has 1 aromatic rings. The number of fused-ring (bicyclic) bond motifs is 4. The highest BCUT2D eigenvalue weighted by Gasteiger charge is 2.35. The molecule has 0 radical (unpaired) electrons. The number of amides is 4. The Kier molecular flexibility index (Phi) is 31.0. The summed E-state index contributed by atoms with van der Waals surface area (Å²) < 4.78 is 33.2. The van der Waals surface area contributed by atoms with Crippen LogP contribution in [0, 0.1) is 23.7 Å². The molecular weight excluding hydrogens is 1100 g/mol. The maximum Gasteiger partial charge on any atom is 0.405 e. The predicted octanol–water partition coefficient (Wildman–Crippen LogP) is 6.11. The summed E-state index contributed by atoms with van der Waals surface area (Å²) in [6, 6.07) is 1.31. The van der Waals surface area contributed by atoms with Gasteiger partial charge in [-0.15, -0.1) is 6.58 Å². The van der Waals surface area contributed by atoms with Crippen LogP contribution in [0.2, 0.25) is 0 Å². The van der Waals surface area contributed by atoms with Crippen LogP contribution in [0.15, 0.2) is 125 Å². The number of Topliss-reactive ketones (excluding diaryl/α,β-unsaturated/α-hetero) is 1. The van der Waals surface area contributed by atoms with Crippen LogP contribution in [0.25, 0.3) is 0 Å². The first-order valence-corrected chi connectivity index (χ1v) is 27.7. The van der Waals surface area contributed by atoms with Crippen LogP contribution >= 0.6 is 0 Å². The summed E-state index contributed by atoms with van der Waals surface area (Å²) in [6.45, 7) is 22.2. The van der Waals surface area contributed by atoms with E-state index in [9.17, 15) is 49.2 Å². The Labute approximate surface area is 500 Å². The maximum absolute atomic E-state index is 13.5. The Bertz CT molecular complexity index is 2790. The van der Waals surface area contributed by atoms with E-state index in [2.05, 4.69) is 29.1 Å². The van der Waals surface area contributed by atoms with Gasteiger partial charge < -0.3 is 81.6 Å². The van der Waals surface area contributed by atoms with E-state index in [0.29, 0.717) is 53.8 Å². The maximum atomic E-state index is 13.5. The van der Waals surface area contributed by atoms with Gasteiger partial charge in [0.2, 0.25) is 11.6 Å². The molecule has 4 amide bonds. The number of aliphatic hydroxyl groups excluding tert-OH is 2. The number of phenols is 2. The van der Waals surface area contributed by atoms with E-state index in [1.807, 2.05) is 20.8 Å². The second-order valence-corrected chi connectivity index (χ2v) is 21.3. The summed E-state index contributed by atoms with van der Waals surface area (Å²) in [6.07, 6.45) is 10.1. The molecule has 0 fully saturated rings. The van der Waals surface area contributed by atoms with Crippen LogP contribution in [0.4, 0.5) is 21.0 Å². The van der Waals surface area contributed by atoms with Gasteiger partial charge in [-0.1, -0.05) is 96.4 Å². The number of phenolic OH excluding ortho intramolecular Hbond substituents is 2. The number of anilines is 1. The molecule has 4 bridgehead atoms. The Morgan fingerprint density at radius 3 is 1.64 bits per heavy atom. The van der Waals surface area contributed by atoms with E-state index < -0.39 is 96.2 Å². The second-order valence-electron chi connectivity index (χ2n) is 21.3. The molecule has 0 unspecified atom stereocenters. The fraction of sp³-hybridized carbons (Fsp3) is 0.492. The Morgan fingerprint density at radius 1 is 0.729 bits per heavy atom. The highest BCUT2D eigenvalue weighted by Crippen LogP contribution is 2.41. The van der Waals surface area contributed by atoms with Gasteiger partial charge in [0, 0.05) is 75.7 Å². The number of ether oxygens (including phenoxy) is 6. The minimum absolute atomic E-state index is 0. The number of quaternary nitrogens is 1. The van der Waals surface area contributed by atoms with Crippen molar-refractivity contribution in [3.8, 4) is 11.5 Å². The summed E-state index contributed by atoms with van der Waals surface area (Å²) in [5.74, 6) is -3.43. The lowest BCUT2D eigenvalue weighted by Crippen LogP contribution is -2.78. The van der Waals surface area contributed by atoms with E-state index in [-0.39, 0.29) is 72.0 Å². The number of benzene rings is 1. The molecule has 22 nitrogen and oxygen atoms in total. The van der Waals surface area contributed by atoms with Gasteiger partial charge in [-0.2, -0.15) is 0 Å². The molecular formula is C63H93N6O16+. The average molecular weight is 1190 g/mol. The lowest BCUT2D eigenvalue weighted by Gasteiger charge is -2.30. The lowest BCUT2D eigenvalue weighted by atomic mass is 9.85. The first-order chi connectivity index (χ1) is 39.7. The van der Waals surface area contributed by atoms with Crippen molar-refractivity contribution in [2.45, 2.75) is 137 Å². The first-order valence-electron chi connectivity index (χ1n) is 27.7. The SMILES string of the molecule is C.C=CCNC1=C2C[C@@H](C)C[C@H](OC)[C@H](O)[C@@H](C)/C=C(\C)[C@H](OC(N)=O)[C@@H](OC)/C=C\C=C(/C)C(=O)NC(=CC1=O)C2=O.C=CC[NH2+]c1c(O)cc2c(O)c1C[C@@H](C)C[C@H](OC)[C@H](O)[C@@H](C)/C=C(\C)[C@H](OC(N)=O)[C@@H](OC)/C=C\C=C(/C)C(=O)N2. The zero-order valence-electron chi connectivity index (χ0n) is 50.4. The summed E-state index contributed by atoms with van der Waals surface area (Å²) in [7, 11) is 5.88. The molecule has 4 rings (SSSR count). The van der Waals surface area contributed by atoms with Crippen molar-refractivity contribution >= 4 is 46.9 Å². The molecule has 22 heteroatoms. The monoisotopic (exact) mass is 1190 g/mol. The van der Waals surface area contributed by atoms with Crippen LogP contribution in [-0.4, -0.2) is 146 Å². The van der Waals surface area contributed by atoms with Gasteiger partial charge in [-0.25, -0.2) is 9.59 Å². The van der Waals surface area contributed by atoms with Crippen molar-refractivity contribution in [3.05, 3.63) is 131 Å². The van der Waals surface area contributed by atoms with Gasteiger partial charge in [0.25, 0.3) is 11.8 Å². The third-order valence-electron chi connectivity index (χ3n) is 14.6. The summed E-state index contributed by atoms with van der Waals surface area (Å²) in [5, 5.41) is 54.6. The molecule has 1 aliphatic carbocycles. The number of carbonyl (C=O) groups is 6. The smallest absolute Gasteiger partial charge is 0.405 e. The lowest BCUT2D eigenvalue weighted by molar-refractivity contribution is -0.562. The van der Waals surface area contributed by atoms with Gasteiger partial charge in [0.15, 0.2) is 23.6 Å². The number of primary amides is 2. The molecule has 0 saturated heterocycles. The van der Waals surface area contributed by atoms with E-state index in [1.165, 1.54) is 46.7 Å². The Morgan fingerprint density at radius 2 is 1.20 bits per heavy atom. The third-order valence-corrected chi connectivity index (χ3v) is 14.6. The fourth-order valence-corrected chi connectivity index (χ4v) is 10.0. The van der Waals surface area contributed by atoms with Gasteiger partial charge in [-0.05, 0) is 82.4 Å². The minimum atomic E-state index is -1.00. The topological polar surface area (TPSA) is 343 Å². The van der Waals surface area contributed by atoms with Crippen LogP contribution < -0.4 is 32.7 Å². The molecule has 3 aliphatic rings. The zero-order chi connectivity index (χ0) is 63.1. The third kappa shape index (κ3) is 21.5. The molecule has 2 heterocycles. The van der Waals surface area contributed by atoms with Crippen molar-refractivity contribution in [1.29, 1.82) is 0 Å². The van der Waals surface area contributed by atoms with Crippen LogP contribution in [-0.2, 0) is 54.0 Å². The number of nitrogens with one attached hydrogen (secondary N) is 3. The number of carbonyl (C=O) groups excluding carboxylic acids is 6. The number of hydrogen-bond acceptors (Lipinski definition) is 17. The number of hydrogen-bond donors (Lipinski definition) is 10. The van der Waals surface area contributed by atoms with Crippen LogP contribution in [0.5, 0.6) is 11.5 Å². The number of rotatable bonds is 12. The number of aliphatic hydroxyl groups is 2. The standard InChI is InChI=1S/C31H45N3O8.C31H43N3O8.CH4/c2*1-8-12-33-26-21-13-17(2)14-25(41-7)27(36)19(4)15-20(5)29(42-31(32)39)24(40-6)11-9-10-18(3)30(38)34-22(28(21)37)16-23(26)35;/h8-11,15-17,19,24-25,27,29,33,35-37H,1,12-14H2,2-7H3,(H2,32,39)(H,34,38);8-11,15-17,19,24-25,27,29,33,36H,1,12-14H2,2-7H3,(H2,32,39)(H,34,38);1H4/p+1/b2*11-9-,18-10+,20-15+;/t2*17-,19+,24+,25+,27-,29+;/m11./s1. The number of aromatic hydroxyl groups is 2. The Balaban J connectivity index is 0.000000573. The van der Waals surface area contributed by atoms with Crippen molar-refractivity contribution in [1.82, 2.24) is 10.6 Å². The molecule has 12 atom stereocenters. The summed E-state index contributed by atoms with van der Waals surface area (Å²) in [4.78, 5) is 76.0. The van der Waals surface area contributed by atoms with Crippen LogP contribution in [0.1, 0.15) is 87.6 Å². The average Bonchev–Trinajstić information content (AvgIpc) is 3.63. The van der Waals surface area contributed by atoms with Gasteiger partial charge >= 0.3 is 12.2 Å². The van der Waals surface area contributed by atoms with E-state index in [1.54, 1.807) is 88.5 Å². The van der Waals surface area contributed by atoms with Crippen molar-refractivity contribution < 1.29 is 82.9 Å². The number of ketones is 2. The van der Waals surface area contributed by atoms with Gasteiger partial charge in [0.1, 0.15) is 18.0 Å². The van der Waals surface area contributed by atoms with Crippen molar-refractivity contribution in [2.75, 3.05) is 46.8 Å². The zero-order valence-corrected chi connectivity index (χ0v) is 50.4. The van der Waals surface area contributed by atoms with E-state index >= 15 is 0 Å². The molecule has 0 spiro atoms. The number of nitrogens with two attached hydrogens (primary N) is 3. The molecule has 1 aromatic carbocycles. The van der Waals surface area contributed by atoms with Crippen molar-refractivity contribution in [2.24, 2.45) is 35.1 Å². The van der Waals surface area contributed by atoms with Crippen molar-refractivity contribution in [3.63, 3.8) is 0 Å². The highest BCUT2D eigenvalue weighted by atomic mass is 16.6. The minimum Gasteiger partial charge on any atom is -0.505 e. The van der Waals surface area contributed by atoms with Gasteiger partial charge in [-0.3, -0.25) is 19.2 Å². The first kappa shape index (κ1) is 73.7. The van der Waals surface area contributed by atoms with E-state index in [4.69, 9.17) is 39.9 Å². The number of allylic oxidation sites excluding steroid dienone is 6. The number of methoxy groups -OCH3 is 4. The molecule has 0 aromatic heterocycles. The quantitative estimate of drug-likeness (QED) is 0.0371. The second kappa shape index (κ2) is 35.8. The largest absolute Gasteiger partial charge is 0.505 e. The summed E-state index contributed by atoms with van der Waals surface area (Å²) >= 11 is 0. The van der Waals surface area contributed by atoms with E-state index in [0.717, 1.165) is 6.08 Å².